The molecule has 0 aliphatic carbocycles. The van der Waals surface area contributed by atoms with Crippen molar-refractivity contribution in [2.45, 2.75) is 31.9 Å². The molecule has 2 aliphatic heterocycles. The Kier molecular flexibility index (Phi) is 5.32. The van der Waals surface area contributed by atoms with E-state index in [4.69, 9.17) is 9.15 Å². The van der Waals surface area contributed by atoms with E-state index in [0.29, 0.717) is 30.2 Å². The van der Waals surface area contributed by atoms with Gasteiger partial charge in [0, 0.05) is 25.9 Å². The van der Waals surface area contributed by atoms with Gasteiger partial charge < -0.3 is 24.3 Å². The fourth-order valence-corrected chi connectivity index (χ4v) is 4.00. The highest BCUT2D eigenvalue weighted by atomic mass is 16.5. The first-order valence-corrected chi connectivity index (χ1v) is 10.0. The van der Waals surface area contributed by atoms with Crippen LogP contribution in [-0.4, -0.2) is 60.4 Å². The van der Waals surface area contributed by atoms with Crippen molar-refractivity contribution < 1.29 is 18.7 Å². The van der Waals surface area contributed by atoms with Crippen molar-refractivity contribution in [1.82, 2.24) is 15.1 Å². The molecule has 1 N–H and O–H groups in total. The van der Waals surface area contributed by atoms with Crippen LogP contribution in [0.5, 0.6) is 5.75 Å². The summed E-state index contributed by atoms with van der Waals surface area (Å²) in [5.74, 6) is 0.918. The second-order valence-corrected chi connectivity index (χ2v) is 8.11. The SMILES string of the molecule is Cc1ccc2c(c1)C(=O)N(CC(=O)NCc1ccco1)CC1(CCN(C)CC1)O2. The lowest BCUT2D eigenvalue weighted by atomic mass is 9.90. The maximum atomic E-state index is 13.3. The number of hydrogen-bond acceptors (Lipinski definition) is 5. The topological polar surface area (TPSA) is 75.0 Å². The van der Waals surface area contributed by atoms with Gasteiger partial charge in [0.15, 0.2) is 0 Å². The molecule has 3 heterocycles. The van der Waals surface area contributed by atoms with Gasteiger partial charge in [-0.15, -0.1) is 0 Å². The van der Waals surface area contributed by atoms with E-state index in [-0.39, 0.29) is 18.4 Å². The van der Waals surface area contributed by atoms with Crippen molar-refractivity contribution in [2.75, 3.05) is 33.2 Å². The van der Waals surface area contributed by atoms with Gasteiger partial charge in [0.25, 0.3) is 5.91 Å². The van der Waals surface area contributed by atoms with E-state index in [1.807, 2.05) is 25.1 Å². The fraction of sp³-hybridized carbons (Fsp3) is 0.455. The first-order chi connectivity index (χ1) is 13.9. The Balaban J connectivity index is 1.56. The molecule has 7 nitrogen and oxygen atoms in total. The Morgan fingerprint density at radius 3 is 2.76 bits per heavy atom. The quantitative estimate of drug-likeness (QED) is 0.856. The molecule has 1 fully saturated rings. The molecular weight excluding hydrogens is 370 g/mol. The molecule has 1 saturated heterocycles. The lowest BCUT2D eigenvalue weighted by Crippen LogP contribution is -2.54. The molecule has 2 aromatic rings. The van der Waals surface area contributed by atoms with Crippen molar-refractivity contribution in [2.24, 2.45) is 0 Å². The summed E-state index contributed by atoms with van der Waals surface area (Å²) in [4.78, 5) is 29.8. The van der Waals surface area contributed by atoms with Crippen molar-refractivity contribution >= 4 is 11.8 Å². The minimum absolute atomic E-state index is 0.00608. The molecule has 0 saturated carbocycles. The molecule has 0 unspecified atom stereocenters. The van der Waals surface area contributed by atoms with Gasteiger partial charge in [0.1, 0.15) is 23.7 Å². The lowest BCUT2D eigenvalue weighted by molar-refractivity contribution is -0.122. The Bertz CT molecular complexity index is 885. The van der Waals surface area contributed by atoms with Crippen molar-refractivity contribution in [3.05, 3.63) is 53.5 Å². The number of nitrogens with one attached hydrogen (secondary N) is 1. The normalized spacial score (nSPS) is 18.8. The highest BCUT2D eigenvalue weighted by molar-refractivity contribution is 5.99. The maximum absolute atomic E-state index is 13.3. The first kappa shape index (κ1) is 19.5. The zero-order valence-electron chi connectivity index (χ0n) is 16.9. The number of amides is 2. The molecule has 2 amide bonds. The summed E-state index contributed by atoms with van der Waals surface area (Å²) in [6.07, 6.45) is 3.20. The smallest absolute Gasteiger partial charge is 0.258 e. The van der Waals surface area contributed by atoms with E-state index in [0.717, 1.165) is 31.5 Å². The highest BCUT2D eigenvalue weighted by Gasteiger charge is 2.42. The monoisotopic (exact) mass is 397 g/mol. The predicted molar refractivity (Wildman–Crippen MR) is 108 cm³/mol. The van der Waals surface area contributed by atoms with Crippen LogP contribution in [0.15, 0.2) is 41.0 Å². The molecule has 29 heavy (non-hydrogen) atoms. The van der Waals surface area contributed by atoms with Crippen LogP contribution in [0.1, 0.15) is 34.5 Å². The summed E-state index contributed by atoms with van der Waals surface area (Å²) in [6, 6.07) is 9.26. The first-order valence-electron chi connectivity index (χ1n) is 10.0. The summed E-state index contributed by atoms with van der Waals surface area (Å²) >= 11 is 0. The molecule has 0 radical (unpaired) electrons. The molecule has 1 spiro atoms. The van der Waals surface area contributed by atoms with Crippen LogP contribution in [0.3, 0.4) is 0 Å². The molecular formula is C22H27N3O4. The third-order valence-electron chi connectivity index (χ3n) is 5.73. The number of furan rings is 1. The molecule has 4 rings (SSSR count). The van der Waals surface area contributed by atoms with Crippen molar-refractivity contribution in [3.63, 3.8) is 0 Å². The van der Waals surface area contributed by atoms with Gasteiger partial charge in [-0.3, -0.25) is 9.59 Å². The largest absolute Gasteiger partial charge is 0.484 e. The Morgan fingerprint density at radius 2 is 2.03 bits per heavy atom. The summed E-state index contributed by atoms with van der Waals surface area (Å²) < 4.78 is 11.7. The van der Waals surface area contributed by atoms with Gasteiger partial charge >= 0.3 is 0 Å². The van der Waals surface area contributed by atoms with Crippen LogP contribution in [0, 0.1) is 6.92 Å². The molecule has 7 heteroatoms. The molecule has 1 aromatic carbocycles. The summed E-state index contributed by atoms with van der Waals surface area (Å²) in [7, 11) is 2.09. The summed E-state index contributed by atoms with van der Waals surface area (Å²) in [6.45, 7) is 4.44. The Morgan fingerprint density at radius 1 is 1.24 bits per heavy atom. The van der Waals surface area contributed by atoms with Crippen LogP contribution in [0.4, 0.5) is 0 Å². The third-order valence-corrected chi connectivity index (χ3v) is 5.73. The number of benzene rings is 1. The zero-order chi connectivity index (χ0) is 20.4. The minimum Gasteiger partial charge on any atom is -0.484 e. The second-order valence-electron chi connectivity index (χ2n) is 8.11. The molecule has 1 aromatic heterocycles. The molecule has 0 atom stereocenters. The number of carbonyl (C=O) groups is 2. The van der Waals surface area contributed by atoms with E-state index in [2.05, 4.69) is 17.3 Å². The average molecular weight is 397 g/mol. The molecule has 0 bridgehead atoms. The third kappa shape index (κ3) is 4.29. The van der Waals surface area contributed by atoms with E-state index in [1.165, 1.54) is 0 Å². The fourth-order valence-electron chi connectivity index (χ4n) is 4.00. The Labute approximate surface area is 170 Å². The summed E-state index contributed by atoms with van der Waals surface area (Å²) in [5, 5.41) is 2.83. The number of nitrogens with zero attached hydrogens (tertiary/aromatic N) is 2. The molecule has 154 valence electrons. The average Bonchev–Trinajstić information content (AvgIpc) is 3.19. The predicted octanol–water partition coefficient (Wildman–Crippen LogP) is 2.20. The second kappa shape index (κ2) is 7.91. The van der Waals surface area contributed by atoms with Crippen LogP contribution in [0.2, 0.25) is 0 Å². The number of rotatable bonds is 4. The van der Waals surface area contributed by atoms with Crippen molar-refractivity contribution in [1.29, 1.82) is 0 Å². The number of likely N-dealkylation sites (tertiary alicyclic amines) is 1. The van der Waals surface area contributed by atoms with Crippen molar-refractivity contribution in [3.8, 4) is 5.75 Å². The molecule has 2 aliphatic rings. The number of ether oxygens (including phenoxy) is 1. The number of aryl methyl sites for hydroxylation is 1. The number of piperidine rings is 1. The van der Waals surface area contributed by atoms with E-state index in [9.17, 15) is 9.59 Å². The highest BCUT2D eigenvalue weighted by Crippen LogP contribution is 2.35. The number of fused-ring (bicyclic) bond motifs is 1. The van der Waals surface area contributed by atoms with Gasteiger partial charge in [-0.1, -0.05) is 11.6 Å². The van der Waals surface area contributed by atoms with Crippen LogP contribution >= 0.6 is 0 Å². The van der Waals surface area contributed by atoms with Gasteiger partial charge in [-0.05, 0) is 38.2 Å². The van der Waals surface area contributed by atoms with E-state index < -0.39 is 5.60 Å². The van der Waals surface area contributed by atoms with Gasteiger partial charge in [0.2, 0.25) is 5.91 Å². The van der Waals surface area contributed by atoms with Crippen LogP contribution in [0.25, 0.3) is 0 Å². The lowest BCUT2D eigenvalue weighted by Gasteiger charge is -2.41. The van der Waals surface area contributed by atoms with E-state index in [1.54, 1.807) is 23.3 Å². The number of hydrogen-bond donors (Lipinski definition) is 1. The van der Waals surface area contributed by atoms with Gasteiger partial charge in [-0.2, -0.15) is 0 Å². The van der Waals surface area contributed by atoms with Crippen LogP contribution < -0.4 is 10.1 Å². The van der Waals surface area contributed by atoms with Gasteiger partial charge in [-0.25, -0.2) is 0 Å². The van der Waals surface area contributed by atoms with Gasteiger partial charge in [0.05, 0.1) is 24.9 Å². The maximum Gasteiger partial charge on any atom is 0.258 e. The van der Waals surface area contributed by atoms with E-state index >= 15 is 0 Å². The Hall–Kier alpha value is -2.80. The van der Waals surface area contributed by atoms with Crippen LogP contribution in [-0.2, 0) is 11.3 Å². The number of carbonyl (C=O) groups excluding carboxylic acids is 2. The standard InChI is InChI=1S/C22H27N3O4/c1-16-5-6-19-18(12-16)21(27)25(14-20(26)23-13-17-4-3-11-28-17)15-22(29-19)7-9-24(2)10-8-22/h3-6,11-12H,7-10,13-15H2,1-2H3,(H,23,26). The minimum atomic E-state index is -0.468. The zero-order valence-corrected chi connectivity index (χ0v) is 16.9. The summed E-state index contributed by atoms with van der Waals surface area (Å²) in [5.41, 5.74) is 1.05.